The predicted octanol–water partition coefficient (Wildman–Crippen LogP) is 3.71. The van der Waals surface area contributed by atoms with Crippen LogP contribution in [0.3, 0.4) is 0 Å². The number of rotatable bonds is 4. The van der Waals surface area contributed by atoms with Crippen LogP contribution in [-0.4, -0.2) is 16.0 Å². The zero-order chi connectivity index (χ0) is 11.5. The van der Waals surface area contributed by atoms with Gasteiger partial charge in [-0.3, -0.25) is 4.79 Å². The summed E-state index contributed by atoms with van der Waals surface area (Å²) in [7, 11) is 0. The molecule has 15 heavy (non-hydrogen) atoms. The monoisotopic (exact) mass is 324 g/mol. The minimum Gasteiger partial charge on any atom is -0.459 e. The van der Waals surface area contributed by atoms with Crippen LogP contribution in [0.4, 0.5) is 0 Å². The van der Waals surface area contributed by atoms with E-state index >= 15 is 0 Å². The summed E-state index contributed by atoms with van der Waals surface area (Å²) in [6.45, 7) is 6.12. The van der Waals surface area contributed by atoms with Crippen molar-refractivity contribution in [2.24, 2.45) is 5.41 Å². The predicted molar refractivity (Wildman–Crippen MR) is 70.3 cm³/mol. The lowest BCUT2D eigenvalue weighted by Crippen LogP contribution is -2.38. The first-order valence-corrected chi connectivity index (χ1v) is 7.28. The van der Waals surface area contributed by atoms with Crippen LogP contribution in [0.15, 0.2) is 0 Å². The Morgan fingerprint density at radius 3 is 2.40 bits per heavy atom. The molecule has 1 fully saturated rings. The van der Waals surface area contributed by atoms with Gasteiger partial charge in [-0.05, 0) is 46.0 Å². The Morgan fingerprint density at radius 2 is 2.00 bits per heavy atom. The molecule has 0 saturated heterocycles. The lowest BCUT2D eigenvalue weighted by Gasteiger charge is -2.31. The second-order valence-corrected chi connectivity index (χ2v) is 5.86. The van der Waals surface area contributed by atoms with E-state index in [1.165, 1.54) is 12.8 Å². The molecule has 0 aromatic rings. The maximum Gasteiger partial charge on any atom is 0.313 e. The van der Waals surface area contributed by atoms with Crippen molar-refractivity contribution >= 4 is 28.6 Å². The van der Waals surface area contributed by atoms with E-state index in [9.17, 15) is 4.79 Å². The van der Waals surface area contributed by atoms with Crippen LogP contribution in [0.2, 0.25) is 0 Å². The Morgan fingerprint density at radius 1 is 1.47 bits per heavy atom. The fraction of sp³-hybridized carbons (Fsp3) is 0.917. The first-order chi connectivity index (χ1) is 6.96. The fourth-order valence-electron chi connectivity index (χ4n) is 1.87. The molecule has 0 aromatic heterocycles. The van der Waals surface area contributed by atoms with Gasteiger partial charge >= 0.3 is 5.97 Å². The molecule has 1 atom stereocenters. The van der Waals surface area contributed by atoms with Crippen molar-refractivity contribution in [3.63, 3.8) is 0 Å². The Balaban J connectivity index is 2.61. The SMILES string of the molecule is CCC(C)(CI)C(=O)OC1(C)CCCC1. The highest BCUT2D eigenvalue weighted by atomic mass is 127. The Labute approximate surface area is 106 Å². The van der Waals surface area contributed by atoms with Crippen LogP contribution in [-0.2, 0) is 9.53 Å². The molecule has 0 heterocycles. The summed E-state index contributed by atoms with van der Waals surface area (Å²) >= 11 is 2.27. The third kappa shape index (κ3) is 3.08. The maximum absolute atomic E-state index is 12.1. The van der Waals surface area contributed by atoms with Crippen molar-refractivity contribution in [2.75, 3.05) is 4.43 Å². The molecule has 1 aliphatic carbocycles. The number of carbonyl (C=O) groups excluding carboxylic acids is 1. The van der Waals surface area contributed by atoms with E-state index in [-0.39, 0.29) is 17.0 Å². The van der Waals surface area contributed by atoms with Crippen molar-refractivity contribution in [1.82, 2.24) is 0 Å². The molecule has 0 bridgehead atoms. The number of esters is 1. The zero-order valence-corrected chi connectivity index (χ0v) is 12.1. The number of hydrogen-bond donors (Lipinski definition) is 0. The molecule has 1 unspecified atom stereocenters. The summed E-state index contributed by atoms with van der Waals surface area (Å²) in [5.74, 6) is -0.0104. The highest BCUT2D eigenvalue weighted by Crippen LogP contribution is 2.36. The standard InChI is InChI=1S/C12H21IO2/c1-4-11(2,9-13)10(14)15-12(3)7-5-6-8-12/h4-9H2,1-3H3. The average molecular weight is 324 g/mol. The van der Waals surface area contributed by atoms with Gasteiger partial charge in [-0.1, -0.05) is 29.5 Å². The van der Waals surface area contributed by atoms with Crippen molar-refractivity contribution in [3.8, 4) is 0 Å². The molecule has 1 saturated carbocycles. The van der Waals surface area contributed by atoms with Gasteiger partial charge in [0.1, 0.15) is 5.60 Å². The molecule has 0 aliphatic heterocycles. The van der Waals surface area contributed by atoms with E-state index < -0.39 is 0 Å². The van der Waals surface area contributed by atoms with Gasteiger partial charge < -0.3 is 4.74 Å². The van der Waals surface area contributed by atoms with Crippen molar-refractivity contribution in [2.45, 2.75) is 58.5 Å². The smallest absolute Gasteiger partial charge is 0.313 e. The number of ether oxygens (including phenoxy) is 1. The third-order valence-electron chi connectivity index (χ3n) is 3.57. The minimum absolute atomic E-state index is 0.0104. The van der Waals surface area contributed by atoms with E-state index in [2.05, 4.69) is 36.4 Å². The Bertz CT molecular complexity index is 228. The molecule has 0 radical (unpaired) electrons. The summed E-state index contributed by atoms with van der Waals surface area (Å²) in [5.41, 5.74) is -0.481. The summed E-state index contributed by atoms with van der Waals surface area (Å²) in [6.07, 6.45) is 5.29. The highest BCUT2D eigenvalue weighted by molar-refractivity contribution is 14.1. The van der Waals surface area contributed by atoms with Crippen LogP contribution in [0.25, 0.3) is 0 Å². The third-order valence-corrected chi connectivity index (χ3v) is 5.25. The molecule has 3 heteroatoms. The molecule has 0 amide bonds. The molecule has 2 nitrogen and oxygen atoms in total. The summed E-state index contributed by atoms with van der Waals surface area (Å²) in [5, 5.41) is 0. The molecular weight excluding hydrogens is 303 g/mol. The molecule has 0 aromatic carbocycles. The van der Waals surface area contributed by atoms with Crippen LogP contribution >= 0.6 is 22.6 Å². The lowest BCUT2D eigenvalue weighted by molar-refractivity contribution is -0.168. The van der Waals surface area contributed by atoms with Gasteiger partial charge in [0, 0.05) is 4.43 Å². The number of alkyl halides is 1. The molecule has 0 spiro atoms. The molecular formula is C12H21IO2. The normalized spacial score (nSPS) is 23.5. The molecule has 88 valence electrons. The zero-order valence-electron chi connectivity index (χ0n) is 9.94. The van der Waals surface area contributed by atoms with E-state index in [1.807, 2.05) is 6.92 Å². The van der Waals surface area contributed by atoms with Gasteiger partial charge in [-0.15, -0.1) is 0 Å². The van der Waals surface area contributed by atoms with E-state index in [0.29, 0.717) is 0 Å². The van der Waals surface area contributed by atoms with Crippen molar-refractivity contribution in [1.29, 1.82) is 0 Å². The van der Waals surface area contributed by atoms with Gasteiger partial charge in [0.15, 0.2) is 0 Å². The van der Waals surface area contributed by atoms with Crippen LogP contribution in [0, 0.1) is 5.41 Å². The lowest BCUT2D eigenvalue weighted by atomic mass is 9.90. The van der Waals surface area contributed by atoms with Crippen LogP contribution in [0.5, 0.6) is 0 Å². The van der Waals surface area contributed by atoms with Gasteiger partial charge in [0.05, 0.1) is 5.41 Å². The minimum atomic E-state index is -0.299. The number of hydrogen-bond acceptors (Lipinski definition) is 2. The maximum atomic E-state index is 12.1. The van der Waals surface area contributed by atoms with E-state index in [0.717, 1.165) is 23.7 Å². The highest BCUT2D eigenvalue weighted by Gasteiger charge is 2.39. The molecule has 1 rings (SSSR count). The summed E-state index contributed by atoms with van der Waals surface area (Å²) < 4.78 is 6.53. The summed E-state index contributed by atoms with van der Waals surface area (Å²) in [4.78, 5) is 12.1. The second kappa shape index (κ2) is 5.02. The summed E-state index contributed by atoms with van der Waals surface area (Å²) in [6, 6.07) is 0. The average Bonchev–Trinajstić information content (AvgIpc) is 2.63. The van der Waals surface area contributed by atoms with E-state index in [4.69, 9.17) is 4.74 Å². The Kier molecular flexibility index (Phi) is 4.44. The topological polar surface area (TPSA) is 26.3 Å². The van der Waals surface area contributed by atoms with Crippen molar-refractivity contribution in [3.05, 3.63) is 0 Å². The number of halogens is 1. The van der Waals surface area contributed by atoms with Gasteiger partial charge in [0.25, 0.3) is 0 Å². The quantitative estimate of drug-likeness (QED) is 0.448. The Hall–Kier alpha value is 0.200. The van der Waals surface area contributed by atoms with Gasteiger partial charge in [0.2, 0.25) is 0 Å². The van der Waals surface area contributed by atoms with E-state index in [1.54, 1.807) is 0 Å². The largest absolute Gasteiger partial charge is 0.459 e. The molecule has 0 N–H and O–H groups in total. The van der Waals surface area contributed by atoms with Crippen LogP contribution < -0.4 is 0 Å². The fourth-order valence-corrected chi connectivity index (χ4v) is 2.72. The van der Waals surface area contributed by atoms with Crippen molar-refractivity contribution < 1.29 is 9.53 Å². The first kappa shape index (κ1) is 13.3. The second-order valence-electron chi connectivity index (χ2n) is 5.09. The van der Waals surface area contributed by atoms with Crippen LogP contribution in [0.1, 0.15) is 52.9 Å². The first-order valence-electron chi connectivity index (χ1n) is 5.75. The number of carbonyl (C=O) groups is 1. The van der Waals surface area contributed by atoms with Gasteiger partial charge in [-0.2, -0.15) is 0 Å². The van der Waals surface area contributed by atoms with Gasteiger partial charge in [-0.25, -0.2) is 0 Å². The molecule has 1 aliphatic rings.